The molecule has 0 radical (unpaired) electrons. The third kappa shape index (κ3) is 4.04. The van der Waals surface area contributed by atoms with Crippen LogP contribution >= 0.6 is 11.3 Å². The maximum absolute atomic E-state index is 14.1. The fourth-order valence-corrected chi connectivity index (χ4v) is 6.30. The Bertz CT molecular complexity index is 1370. The van der Waals surface area contributed by atoms with E-state index in [2.05, 4.69) is 22.9 Å². The monoisotopic (exact) mass is 490 g/mol. The van der Waals surface area contributed by atoms with Gasteiger partial charge in [0.05, 0.1) is 32.9 Å². The molecule has 2 aromatic heterocycles. The van der Waals surface area contributed by atoms with Crippen molar-refractivity contribution in [2.45, 2.75) is 32.4 Å². The molecule has 7 heteroatoms. The zero-order valence-electron chi connectivity index (χ0n) is 20.5. The normalized spacial score (nSPS) is 15.2. The summed E-state index contributed by atoms with van der Waals surface area (Å²) in [5.41, 5.74) is 4.14. The van der Waals surface area contributed by atoms with E-state index >= 15 is 0 Å². The average molecular weight is 491 g/mol. The number of fused-ring (bicyclic) bond motifs is 2. The van der Waals surface area contributed by atoms with E-state index in [1.807, 2.05) is 47.5 Å². The first kappa shape index (κ1) is 23.3. The number of ether oxygens (including phenoxy) is 3. The van der Waals surface area contributed by atoms with Crippen molar-refractivity contribution in [1.82, 2.24) is 9.47 Å². The summed E-state index contributed by atoms with van der Waals surface area (Å²) in [5.74, 6) is 2.36. The van der Waals surface area contributed by atoms with E-state index in [0.717, 1.165) is 40.7 Å². The number of carbonyl (C=O) groups excluding carboxylic acids is 1. The first-order valence-electron chi connectivity index (χ1n) is 11.8. The second kappa shape index (κ2) is 9.66. The number of thiophene rings is 1. The molecule has 4 aromatic rings. The minimum atomic E-state index is -0.0954. The fourth-order valence-electron chi connectivity index (χ4n) is 5.12. The summed E-state index contributed by atoms with van der Waals surface area (Å²) >= 11 is 1.67. The molecule has 3 heterocycles. The smallest absolute Gasteiger partial charge is 0.256 e. The standard InChI is InChI=1S/C28H30N2O4S/c1-5-29-16-21(19-8-6-7-9-22(19)29)28(31)30-13-12-20-26(34-4)17-35-27(20)23(30)14-18-10-11-24(32-2)25(15-18)33-3/h6-11,15-17,23H,5,12-14H2,1-4H3. The zero-order chi connectivity index (χ0) is 24.5. The number of para-hydroxylation sites is 1. The van der Waals surface area contributed by atoms with Gasteiger partial charge in [-0.25, -0.2) is 0 Å². The lowest BCUT2D eigenvalue weighted by molar-refractivity contribution is 0.0665. The van der Waals surface area contributed by atoms with Crippen molar-refractivity contribution in [2.75, 3.05) is 27.9 Å². The van der Waals surface area contributed by atoms with E-state index in [0.29, 0.717) is 24.5 Å². The Hall–Kier alpha value is -3.45. The van der Waals surface area contributed by atoms with Crippen molar-refractivity contribution in [1.29, 1.82) is 0 Å². The third-order valence-electron chi connectivity index (χ3n) is 6.89. The number of hydrogen-bond acceptors (Lipinski definition) is 5. The zero-order valence-corrected chi connectivity index (χ0v) is 21.4. The van der Waals surface area contributed by atoms with Gasteiger partial charge in [-0.2, -0.15) is 0 Å². The maximum atomic E-state index is 14.1. The van der Waals surface area contributed by atoms with Crippen LogP contribution in [0.1, 0.15) is 39.3 Å². The summed E-state index contributed by atoms with van der Waals surface area (Å²) in [6, 6.07) is 14.0. The van der Waals surface area contributed by atoms with E-state index in [-0.39, 0.29) is 11.9 Å². The minimum absolute atomic E-state index is 0.0666. The Balaban J connectivity index is 1.57. The highest BCUT2D eigenvalue weighted by Crippen LogP contribution is 2.43. The van der Waals surface area contributed by atoms with Gasteiger partial charge in [-0.05, 0) is 43.5 Å². The molecule has 0 saturated heterocycles. The molecule has 35 heavy (non-hydrogen) atoms. The number of benzene rings is 2. The van der Waals surface area contributed by atoms with Crippen LogP contribution in [0.25, 0.3) is 10.9 Å². The van der Waals surface area contributed by atoms with Gasteiger partial charge in [0.25, 0.3) is 5.91 Å². The fraction of sp³-hybridized carbons (Fsp3) is 0.321. The molecule has 0 aliphatic carbocycles. The molecule has 1 amide bonds. The first-order valence-corrected chi connectivity index (χ1v) is 12.7. The van der Waals surface area contributed by atoms with Crippen LogP contribution in [0.15, 0.2) is 54.0 Å². The van der Waals surface area contributed by atoms with Crippen molar-refractivity contribution >= 4 is 28.1 Å². The molecule has 2 aromatic carbocycles. The highest BCUT2D eigenvalue weighted by Gasteiger charge is 2.35. The number of aryl methyl sites for hydroxylation is 1. The van der Waals surface area contributed by atoms with Gasteiger partial charge in [0.15, 0.2) is 11.5 Å². The number of rotatable bonds is 7. The van der Waals surface area contributed by atoms with Crippen molar-refractivity contribution in [2.24, 2.45) is 0 Å². The Kier molecular flexibility index (Phi) is 6.43. The molecule has 6 nitrogen and oxygen atoms in total. The van der Waals surface area contributed by atoms with E-state index in [1.165, 1.54) is 10.4 Å². The summed E-state index contributed by atoms with van der Waals surface area (Å²) in [6.07, 6.45) is 3.46. The third-order valence-corrected chi connectivity index (χ3v) is 7.99. The molecule has 1 unspecified atom stereocenters. The average Bonchev–Trinajstić information content (AvgIpc) is 3.50. The summed E-state index contributed by atoms with van der Waals surface area (Å²) in [4.78, 5) is 17.3. The van der Waals surface area contributed by atoms with Gasteiger partial charge in [-0.1, -0.05) is 24.3 Å². The molecule has 0 spiro atoms. The molecule has 0 saturated carbocycles. The number of amides is 1. The Morgan fingerprint density at radius 2 is 1.80 bits per heavy atom. The molecular formula is C28H30N2O4S. The Labute approximate surface area is 209 Å². The highest BCUT2D eigenvalue weighted by molar-refractivity contribution is 7.10. The number of carbonyl (C=O) groups is 1. The van der Waals surface area contributed by atoms with E-state index < -0.39 is 0 Å². The number of hydrogen-bond donors (Lipinski definition) is 0. The highest BCUT2D eigenvalue weighted by atomic mass is 32.1. The molecule has 5 rings (SSSR count). The van der Waals surface area contributed by atoms with Gasteiger partial charge in [-0.15, -0.1) is 11.3 Å². The van der Waals surface area contributed by atoms with Crippen LogP contribution in [0.5, 0.6) is 17.2 Å². The van der Waals surface area contributed by atoms with E-state index in [1.54, 1.807) is 32.7 Å². The van der Waals surface area contributed by atoms with Crippen LogP contribution in [0.3, 0.4) is 0 Å². The van der Waals surface area contributed by atoms with Crippen molar-refractivity contribution in [3.63, 3.8) is 0 Å². The number of aromatic nitrogens is 1. The molecule has 0 fully saturated rings. The van der Waals surface area contributed by atoms with E-state index in [9.17, 15) is 4.79 Å². The molecule has 0 bridgehead atoms. The van der Waals surface area contributed by atoms with Gasteiger partial charge in [0, 0.05) is 46.0 Å². The molecule has 1 aliphatic heterocycles. The summed E-state index contributed by atoms with van der Waals surface area (Å²) in [6.45, 7) is 3.56. The molecule has 1 aliphatic rings. The number of methoxy groups -OCH3 is 3. The van der Waals surface area contributed by atoms with Gasteiger partial charge in [-0.3, -0.25) is 4.79 Å². The summed E-state index contributed by atoms with van der Waals surface area (Å²) < 4.78 is 18.7. The van der Waals surface area contributed by atoms with Crippen LogP contribution in [0, 0.1) is 0 Å². The van der Waals surface area contributed by atoms with Crippen LogP contribution in [0.4, 0.5) is 0 Å². The lowest BCUT2D eigenvalue weighted by Crippen LogP contribution is -2.40. The van der Waals surface area contributed by atoms with Crippen molar-refractivity contribution in [3.05, 3.63) is 75.6 Å². The Morgan fingerprint density at radius 1 is 1.03 bits per heavy atom. The van der Waals surface area contributed by atoms with Gasteiger partial charge < -0.3 is 23.7 Å². The summed E-state index contributed by atoms with van der Waals surface area (Å²) in [5, 5.41) is 3.06. The van der Waals surface area contributed by atoms with Gasteiger partial charge in [0.1, 0.15) is 5.75 Å². The van der Waals surface area contributed by atoms with Crippen LogP contribution in [-0.2, 0) is 19.4 Å². The van der Waals surface area contributed by atoms with Crippen molar-refractivity contribution in [3.8, 4) is 17.2 Å². The van der Waals surface area contributed by atoms with Crippen LogP contribution < -0.4 is 14.2 Å². The van der Waals surface area contributed by atoms with E-state index in [4.69, 9.17) is 14.2 Å². The molecule has 0 N–H and O–H groups in total. The van der Waals surface area contributed by atoms with Gasteiger partial charge >= 0.3 is 0 Å². The largest absolute Gasteiger partial charge is 0.496 e. The second-order valence-electron chi connectivity index (χ2n) is 8.65. The first-order chi connectivity index (χ1) is 17.1. The molecule has 182 valence electrons. The lowest BCUT2D eigenvalue weighted by atomic mass is 9.94. The van der Waals surface area contributed by atoms with Crippen LogP contribution in [0.2, 0.25) is 0 Å². The topological polar surface area (TPSA) is 52.9 Å². The molecular weight excluding hydrogens is 460 g/mol. The number of nitrogens with zero attached hydrogens (tertiary/aromatic N) is 2. The predicted octanol–water partition coefficient (Wildman–Crippen LogP) is 5.73. The predicted molar refractivity (Wildman–Crippen MR) is 139 cm³/mol. The van der Waals surface area contributed by atoms with Gasteiger partial charge in [0.2, 0.25) is 0 Å². The summed E-state index contributed by atoms with van der Waals surface area (Å²) in [7, 11) is 4.99. The maximum Gasteiger partial charge on any atom is 0.256 e. The second-order valence-corrected chi connectivity index (χ2v) is 9.56. The SMILES string of the molecule is CCn1cc(C(=O)N2CCc3c(OC)csc3C2Cc2ccc(OC)c(OC)c2)c2ccccc21. The lowest BCUT2D eigenvalue weighted by Gasteiger charge is -2.36. The Morgan fingerprint density at radius 3 is 2.54 bits per heavy atom. The quantitative estimate of drug-likeness (QED) is 0.332. The minimum Gasteiger partial charge on any atom is -0.496 e. The molecule has 1 atom stereocenters. The van der Waals surface area contributed by atoms with Crippen LogP contribution in [-0.4, -0.2) is 43.2 Å². The van der Waals surface area contributed by atoms with Crippen molar-refractivity contribution < 1.29 is 19.0 Å².